The molecule has 1 fully saturated rings. The Hall–Kier alpha value is -2.67. The first-order valence-corrected chi connectivity index (χ1v) is 11.3. The molecule has 0 spiro atoms. The SMILES string of the molecule is CC(C)CC(=O)NC(C(=O)N1CCC(NC(=O)c2ccsc2)CC1)c1ccccc1. The first kappa shape index (κ1) is 22.0. The molecule has 1 aromatic carbocycles. The molecule has 160 valence electrons. The van der Waals surface area contributed by atoms with E-state index in [0.717, 1.165) is 5.56 Å². The van der Waals surface area contributed by atoms with Crippen LogP contribution in [0.25, 0.3) is 0 Å². The van der Waals surface area contributed by atoms with Crippen LogP contribution in [0.15, 0.2) is 47.2 Å². The lowest BCUT2D eigenvalue weighted by molar-refractivity contribution is -0.137. The third kappa shape index (κ3) is 5.92. The number of nitrogens with zero attached hydrogens (tertiary/aromatic N) is 1. The van der Waals surface area contributed by atoms with Crippen molar-refractivity contribution < 1.29 is 14.4 Å². The first-order chi connectivity index (χ1) is 14.4. The van der Waals surface area contributed by atoms with Crippen LogP contribution in [0.3, 0.4) is 0 Å². The van der Waals surface area contributed by atoms with Crippen molar-refractivity contribution in [1.82, 2.24) is 15.5 Å². The van der Waals surface area contributed by atoms with E-state index in [9.17, 15) is 14.4 Å². The van der Waals surface area contributed by atoms with Gasteiger partial charge in [0.05, 0.1) is 0 Å². The van der Waals surface area contributed by atoms with E-state index in [0.29, 0.717) is 37.9 Å². The number of benzene rings is 1. The van der Waals surface area contributed by atoms with Gasteiger partial charge in [0.25, 0.3) is 5.91 Å². The van der Waals surface area contributed by atoms with Crippen LogP contribution in [0.1, 0.15) is 55.1 Å². The number of piperidine rings is 1. The van der Waals surface area contributed by atoms with Crippen LogP contribution in [0.4, 0.5) is 0 Å². The standard InChI is InChI=1S/C23H29N3O3S/c1-16(2)14-20(27)25-21(17-6-4-3-5-7-17)23(29)26-11-8-19(9-12-26)24-22(28)18-10-13-30-15-18/h3-7,10,13,15-16,19,21H,8-9,11-12,14H2,1-2H3,(H,24,28)(H,25,27). The number of nitrogens with one attached hydrogen (secondary N) is 2. The minimum Gasteiger partial charge on any atom is -0.349 e. The van der Waals surface area contributed by atoms with E-state index in [1.807, 2.05) is 61.0 Å². The molecule has 0 aliphatic carbocycles. The van der Waals surface area contributed by atoms with Crippen molar-refractivity contribution >= 4 is 29.1 Å². The maximum absolute atomic E-state index is 13.3. The predicted octanol–water partition coefficient (Wildman–Crippen LogP) is 3.37. The Morgan fingerprint density at radius 1 is 1.10 bits per heavy atom. The number of carbonyl (C=O) groups excluding carboxylic acids is 3. The highest BCUT2D eigenvalue weighted by molar-refractivity contribution is 7.08. The van der Waals surface area contributed by atoms with Crippen LogP contribution in [-0.4, -0.2) is 41.8 Å². The third-order valence-corrected chi connectivity index (χ3v) is 5.89. The predicted molar refractivity (Wildman–Crippen MR) is 118 cm³/mol. The second-order valence-electron chi connectivity index (χ2n) is 8.09. The number of rotatable bonds is 7. The highest BCUT2D eigenvalue weighted by Crippen LogP contribution is 2.20. The first-order valence-electron chi connectivity index (χ1n) is 10.4. The van der Waals surface area contributed by atoms with Crippen molar-refractivity contribution in [2.24, 2.45) is 5.92 Å². The molecular weight excluding hydrogens is 398 g/mol. The lowest BCUT2D eigenvalue weighted by Crippen LogP contribution is -2.50. The van der Waals surface area contributed by atoms with E-state index in [2.05, 4.69) is 10.6 Å². The summed E-state index contributed by atoms with van der Waals surface area (Å²) in [6.45, 7) is 5.07. The number of hydrogen-bond donors (Lipinski definition) is 2. The van der Waals surface area contributed by atoms with Gasteiger partial charge >= 0.3 is 0 Å². The topological polar surface area (TPSA) is 78.5 Å². The summed E-state index contributed by atoms with van der Waals surface area (Å²) in [4.78, 5) is 39.7. The van der Waals surface area contributed by atoms with Crippen LogP contribution in [0.2, 0.25) is 0 Å². The van der Waals surface area contributed by atoms with Crippen molar-refractivity contribution in [2.75, 3.05) is 13.1 Å². The maximum Gasteiger partial charge on any atom is 0.252 e. The van der Waals surface area contributed by atoms with Gasteiger partial charge in [0.15, 0.2) is 0 Å². The molecule has 1 aliphatic rings. The molecule has 1 aliphatic heterocycles. The molecule has 2 heterocycles. The van der Waals surface area contributed by atoms with E-state index in [4.69, 9.17) is 0 Å². The summed E-state index contributed by atoms with van der Waals surface area (Å²) in [5, 5.41) is 9.69. The molecule has 2 N–H and O–H groups in total. The van der Waals surface area contributed by atoms with Crippen LogP contribution >= 0.6 is 11.3 Å². The van der Waals surface area contributed by atoms with Crippen molar-refractivity contribution in [3.63, 3.8) is 0 Å². The molecule has 0 bridgehead atoms. The molecule has 3 rings (SSSR count). The Morgan fingerprint density at radius 3 is 2.40 bits per heavy atom. The highest BCUT2D eigenvalue weighted by Gasteiger charge is 2.31. The Balaban J connectivity index is 1.61. The smallest absolute Gasteiger partial charge is 0.252 e. The van der Waals surface area contributed by atoms with Gasteiger partial charge in [-0.2, -0.15) is 11.3 Å². The lowest BCUT2D eigenvalue weighted by Gasteiger charge is -2.35. The van der Waals surface area contributed by atoms with Crippen molar-refractivity contribution in [3.05, 3.63) is 58.3 Å². The van der Waals surface area contributed by atoms with Crippen molar-refractivity contribution in [3.8, 4) is 0 Å². The van der Waals surface area contributed by atoms with Gasteiger partial charge in [0.1, 0.15) is 6.04 Å². The van der Waals surface area contributed by atoms with Crippen LogP contribution in [0, 0.1) is 5.92 Å². The number of hydrogen-bond acceptors (Lipinski definition) is 4. The zero-order valence-corrected chi connectivity index (χ0v) is 18.3. The van der Waals surface area contributed by atoms with Gasteiger partial charge in [-0.3, -0.25) is 14.4 Å². The summed E-state index contributed by atoms with van der Waals surface area (Å²) >= 11 is 1.50. The Bertz CT molecular complexity index is 844. The molecule has 1 unspecified atom stereocenters. The van der Waals surface area contributed by atoms with E-state index in [1.165, 1.54) is 11.3 Å². The fourth-order valence-corrected chi connectivity index (χ4v) is 4.25. The quantitative estimate of drug-likeness (QED) is 0.711. The lowest BCUT2D eigenvalue weighted by atomic mass is 10.0. The van der Waals surface area contributed by atoms with Crippen LogP contribution in [0.5, 0.6) is 0 Å². The van der Waals surface area contributed by atoms with Crippen LogP contribution < -0.4 is 10.6 Å². The van der Waals surface area contributed by atoms with Gasteiger partial charge in [-0.05, 0) is 35.8 Å². The molecule has 3 amide bonds. The minimum absolute atomic E-state index is 0.0483. The van der Waals surface area contributed by atoms with E-state index in [1.54, 1.807) is 4.90 Å². The number of likely N-dealkylation sites (tertiary alicyclic amines) is 1. The molecule has 0 radical (unpaired) electrons. The van der Waals surface area contributed by atoms with Gasteiger partial charge in [0.2, 0.25) is 11.8 Å². The van der Waals surface area contributed by atoms with Crippen molar-refractivity contribution in [2.45, 2.75) is 45.2 Å². The van der Waals surface area contributed by atoms with E-state index in [-0.39, 0.29) is 29.7 Å². The summed E-state index contributed by atoms with van der Waals surface area (Å²) in [6.07, 6.45) is 1.78. The van der Waals surface area contributed by atoms with Crippen LogP contribution in [-0.2, 0) is 9.59 Å². The summed E-state index contributed by atoms with van der Waals surface area (Å²) in [5.74, 6) is -0.0609. The molecule has 2 aromatic rings. The second-order valence-corrected chi connectivity index (χ2v) is 8.87. The maximum atomic E-state index is 13.3. The minimum atomic E-state index is -0.686. The van der Waals surface area contributed by atoms with Gasteiger partial charge < -0.3 is 15.5 Å². The number of amides is 3. The molecule has 7 heteroatoms. The van der Waals surface area contributed by atoms with Gasteiger partial charge in [0, 0.05) is 36.5 Å². The normalized spacial score (nSPS) is 15.6. The fourth-order valence-electron chi connectivity index (χ4n) is 3.61. The monoisotopic (exact) mass is 427 g/mol. The van der Waals surface area contributed by atoms with E-state index < -0.39 is 6.04 Å². The summed E-state index contributed by atoms with van der Waals surface area (Å²) in [5.41, 5.74) is 1.46. The zero-order valence-electron chi connectivity index (χ0n) is 17.5. The van der Waals surface area contributed by atoms with Gasteiger partial charge in [-0.1, -0.05) is 44.2 Å². The number of thiophene rings is 1. The Morgan fingerprint density at radius 2 is 1.80 bits per heavy atom. The summed E-state index contributed by atoms with van der Waals surface area (Å²) in [7, 11) is 0. The molecule has 30 heavy (non-hydrogen) atoms. The Labute approximate surface area is 181 Å². The fraction of sp³-hybridized carbons (Fsp3) is 0.435. The Kier molecular flexibility index (Phi) is 7.63. The molecule has 0 saturated carbocycles. The molecule has 1 saturated heterocycles. The average Bonchev–Trinajstić information content (AvgIpc) is 3.27. The molecular formula is C23H29N3O3S. The molecule has 1 atom stereocenters. The summed E-state index contributed by atoms with van der Waals surface area (Å²) < 4.78 is 0. The highest BCUT2D eigenvalue weighted by atomic mass is 32.1. The molecule has 1 aromatic heterocycles. The third-order valence-electron chi connectivity index (χ3n) is 5.20. The number of carbonyl (C=O) groups is 3. The van der Waals surface area contributed by atoms with E-state index >= 15 is 0 Å². The average molecular weight is 428 g/mol. The van der Waals surface area contributed by atoms with Crippen molar-refractivity contribution in [1.29, 1.82) is 0 Å². The molecule has 6 nitrogen and oxygen atoms in total. The summed E-state index contributed by atoms with van der Waals surface area (Å²) in [6, 6.07) is 10.5. The second kappa shape index (κ2) is 10.4. The largest absolute Gasteiger partial charge is 0.349 e. The van der Waals surface area contributed by atoms with Gasteiger partial charge in [-0.25, -0.2) is 0 Å². The van der Waals surface area contributed by atoms with Gasteiger partial charge in [-0.15, -0.1) is 0 Å². The zero-order chi connectivity index (χ0) is 21.5.